The molecule has 1 rings (SSSR count). The topological polar surface area (TPSA) is 3.24 Å². The van der Waals surface area contributed by atoms with Gasteiger partial charge in [0.25, 0.3) is 6.43 Å². The molecule has 0 saturated heterocycles. The monoisotopic (exact) mass is 186 g/mol. The Labute approximate surface area is 77.7 Å². The van der Waals surface area contributed by atoms with Gasteiger partial charge in [0.15, 0.2) is 0 Å². The average molecular weight is 186 g/mol. The molecule has 0 spiro atoms. The molecule has 0 heterocycles. The van der Waals surface area contributed by atoms with Crippen molar-refractivity contribution in [2.75, 3.05) is 14.1 Å². The van der Waals surface area contributed by atoms with Crippen molar-refractivity contribution in [3.05, 3.63) is 29.3 Å². The lowest BCUT2D eigenvalue weighted by molar-refractivity contribution is 0.181. The standard InChI is InChI=1S/C10H14F2N/c1-7-4-5-9(13(2)3)8(6-7)10(11)12/h4-5,10H,6H2,1-3H3. The molecule has 1 nitrogen and oxygen atoms in total. The maximum absolute atomic E-state index is 12.6. The highest BCUT2D eigenvalue weighted by atomic mass is 19.3. The quantitative estimate of drug-likeness (QED) is 0.640. The Morgan fingerprint density at radius 2 is 1.92 bits per heavy atom. The molecule has 0 amide bonds. The van der Waals surface area contributed by atoms with Crippen LogP contribution in [-0.4, -0.2) is 25.4 Å². The Hall–Kier alpha value is -0.860. The number of hydrogen-bond donors (Lipinski definition) is 0. The maximum Gasteiger partial charge on any atom is 0.262 e. The molecule has 0 aliphatic heterocycles. The molecule has 0 atom stereocenters. The normalized spacial score (nSPS) is 18.6. The van der Waals surface area contributed by atoms with Gasteiger partial charge in [-0.1, -0.05) is 13.0 Å². The molecule has 1 radical (unpaired) electrons. The van der Waals surface area contributed by atoms with E-state index in [1.165, 1.54) is 0 Å². The molecule has 0 fully saturated rings. The van der Waals surface area contributed by atoms with Crippen LogP contribution in [0.1, 0.15) is 13.3 Å². The van der Waals surface area contributed by atoms with E-state index >= 15 is 0 Å². The molecule has 1 aliphatic rings. The molecule has 0 unspecified atom stereocenters. The van der Waals surface area contributed by atoms with Crippen LogP contribution in [0.3, 0.4) is 0 Å². The van der Waals surface area contributed by atoms with Crippen LogP contribution in [0.15, 0.2) is 23.4 Å². The van der Waals surface area contributed by atoms with E-state index in [9.17, 15) is 8.78 Å². The SMILES string of the molecule is C[C]1C=CC(N(C)C)=C(C(F)F)C1. The molecule has 0 bridgehead atoms. The second kappa shape index (κ2) is 3.90. The second-order valence-electron chi connectivity index (χ2n) is 3.46. The van der Waals surface area contributed by atoms with Gasteiger partial charge < -0.3 is 4.90 Å². The molecule has 0 saturated carbocycles. The van der Waals surface area contributed by atoms with Crippen molar-refractivity contribution in [1.82, 2.24) is 4.90 Å². The second-order valence-corrected chi connectivity index (χ2v) is 3.46. The van der Waals surface area contributed by atoms with Gasteiger partial charge in [0.1, 0.15) is 0 Å². The summed E-state index contributed by atoms with van der Waals surface area (Å²) >= 11 is 0. The van der Waals surface area contributed by atoms with E-state index in [-0.39, 0.29) is 5.57 Å². The van der Waals surface area contributed by atoms with Gasteiger partial charge in [0, 0.05) is 25.4 Å². The first-order valence-corrected chi connectivity index (χ1v) is 4.21. The summed E-state index contributed by atoms with van der Waals surface area (Å²) in [6.45, 7) is 1.87. The molecule has 0 aromatic heterocycles. The minimum atomic E-state index is -2.35. The van der Waals surface area contributed by atoms with Gasteiger partial charge in [-0.25, -0.2) is 8.78 Å². The van der Waals surface area contributed by atoms with Crippen LogP contribution in [0.4, 0.5) is 8.78 Å². The number of hydrogen-bond acceptors (Lipinski definition) is 1. The molecule has 0 aromatic rings. The molecule has 0 aromatic carbocycles. The number of likely N-dealkylation sites (N-methyl/N-ethyl adjacent to an activating group) is 1. The lowest BCUT2D eigenvalue weighted by Gasteiger charge is -2.24. The van der Waals surface area contributed by atoms with Crippen LogP contribution in [0, 0.1) is 5.92 Å². The summed E-state index contributed by atoms with van der Waals surface area (Å²) in [6.07, 6.45) is 1.68. The van der Waals surface area contributed by atoms with Crippen LogP contribution < -0.4 is 0 Å². The van der Waals surface area contributed by atoms with Crippen molar-refractivity contribution in [2.24, 2.45) is 0 Å². The summed E-state index contributed by atoms with van der Waals surface area (Å²) < 4.78 is 25.1. The number of allylic oxidation sites excluding steroid dienone is 3. The number of alkyl halides is 2. The van der Waals surface area contributed by atoms with Crippen molar-refractivity contribution in [2.45, 2.75) is 19.8 Å². The van der Waals surface area contributed by atoms with Gasteiger partial charge in [-0.2, -0.15) is 0 Å². The van der Waals surface area contributed by atoms with E-state index in [4.69, 9.17) is 0 Å². The highest BCUT2D eigenvalue weighted by Gasteiger charge is 2.21. The van der Waals surface area contributed by atoms with Crippen LogP contribution in [-0.2, 0) is 0 Å². The zero-order chi connectivity index (χ0) is 10.0. The highest BCUT2D eigenvalue weighted by molar-refractivity contribution is 5.36. The first-order valence-electron chi connectivity index (χ1n) is 4.21. The third kappa shape index (κ3) is 2.29. The number of halogens is 2. The lowest BCUT2D eigenvalue weighted by atomic mass is 9.94. The molecule has 73 valence electrons. The van der Waals surface area contributed by atoms with Crippen molar-refractivity contribution < 1.29 is 8.78 Å². The van der Waals surface area contributed by atoms with Gasteiger partial charge >= 0.3 is 0 Å². The number of rotatable bonds is 2. The van der Waals surface area contributed by atoms with E-state index in [1.54, 1.807) is 25.1 Å². The predicted octanol–water partition coefficient (Wildman–Crippen LogP) is 2.62. The summed E-state index contributed by atoms with van der Waals surface area (Å²) in [5.41, 5.74) is 0.866. The van der Waals surface area contributed by atoms with Crippen molar-refractivity contribution in [3.63, 3.8) is 0 Å². The van der Waals surface area contributed by atoms with Crippen molar-refractivity contribution in [3.8, 4) is 0 Å². The van der Waals surface area contributed by atoms with Crippen molar-refractivity contribution in [1.29, 1.82) is 0 Å². The first kappa shape index (κ1) is 10.2. The fraction of sp³-hybridized carbons (Fsp3) is 0.500. The van der Waals surface area contributed by atoms with Gasteiger partial charge in [-0.3, -0.25) is 0 Å². The average Bonchev–Trinajstić information content (AvgIpc) is 2.03. The van der Waals surface area contributed by atoms with E-state index in [2.05, 4.69) is 0 Å². The first-order chi connectivity index (χ1) is 6.02. The summed E-state index contributed by atoms with van der Waals surface area (Å²) in [4.78, 5) is 1.73. The third-order valence-corrected chi connectivity index (χ3v) is 2.07. The van der Waals surface area contributed by atoms with E-state index in [0.717, 1.165) is 5.92 Å². The van der Waals surface area contributed by atoms with Crippen LogP contribution in [0.5, 0.6) is 0 Å². The Morgan fingerprint density at radius 3 is 2.38 bits per heavy atom. The van der Waals surface area contributed by atoms with E-state index < -0.39 is 6.43 Å². The fourth-order valence-corrected chi connectivity index (χ4v) is 1.40. The van der Waals surface area contributed by atoms with Gasteiger partial charge in [-0.15, -0.1) is 0 Å². The van der Waals surface area contributed by atoms with Crippen LogP contribution in [0.25, 0.3) is 0 Å². The summed E-state index contributed by atoms with van der Waals surface area (Å²) in [7, 11) is 3.56. The van der Waals surface area contributed by atoms with Crippen molar-refractivity contribution >= 4 is 0 Å². The van der Waals surface area contributed by atoms with Gasteiger partial charge in [0.05, 0.1) is 0 Å². The Balaban J connectivity index is 2.95. The van der Waals surface area contributed by atoms with Crippen LogP contribution >= 0.6 is 0 Å². The predicted molar refractivity (Wildman–Crippen MR) is 49.4 cm³/mol. The Bertz CT molecular complexity index is 241. The molecule has 0 N–H and O–H groups in total. The molecule has 3 heteroatoms. The minimum Gasteiger partial charge on any atom is -0.378 e. The molecule has 1 aliphatic carbocycles. The minimum absolute atomic E-state index is 0.227. The van der Waals surface area contributed by atoms with Crippen LogP contribution in [0.2, 0.25) is 0 Å². The lowest BCUT2D eigenvalue weighted by Crippen LogP contribution is -2.18. The van der Waals surface area contributed by atoms with Gasteiger partial charge in [0.2, 0.25) is 0 Å². The molecular formula is C10H14F2N. The fourth-order valence-electron chi connectivity index (χ4n) is 1.40. The Kier molecular flexibility index (Phi) is 3.07. The summed E-state index contributed by atoms with van der Waals surface area (Å²) in [5, 5.41) is 0. The largest absolute Gasteiger partial charge is 0.378 e. The van der Waals surface area contributed by atoms with Gasteiger partial charge in [-0.05, 0) is 18.4 Å². The maximum atomic E-state index is 12.6. The molecular weight excluding hydrogens is 172 g/mol. The molecule has 13 heavy (non-hydrogen) atoms. The zero-order valence-electron chi connectivity index (χ0n) is 8.14. The smallest absolute Gasteiger partial charge is 0.262 e. The number of nitrogens with zero attached hydrogens (tertiary/aromatic N) is 1. The Morgan fingerprint density at radius 1 is 1.31 bits per heavy atom. The third-order valence-electron chi connectivity index (χ3n) is 2.07. The highest BCUT2D eigenvalue weighted by Crippen LogP contribution is 2.29. The summed E-state index contributed by atoms with van der Waals surface area (Å²) in [6, 6.07) is 0. The zero-order valence-corrected chi connectivity index (χ0v) is 8.14. The van der Waals surface area contributed by atoms with E-state index in [1.807, 2.05) is 13.0 Å². The van der Waals surface area contributed by atoms with E-state index in [0.29, 0.717) is 12.1 Å². The summed E-state index contributed by atoms with van der Waals surface area (Å²) in [5.74, 6) is 0.987.